The van der Waals surface area contributed by atoms with Gasteiger partial charge in [0.05, 0.1) is 11.8 Å². The van der Waals surface area contributed by atoms with Crippen LogP contribution in [0.5, 0.6) is 0 Å². The third-order valence-electron chi connectivity index (χ3n) is 2.90. The van der Waals surface area contributed by atoms with Crippen LogP contribution in [0.1, 0.15) is 64.2 Å². The summed E-state index contributed by atoms with van der Waals surface area (Å²) in [5.74, 6) is 0.640. The standard InChI is InChI=1S/C15H26N2O/c1-6-7-17-11-13(10-16-17)14(18)8-12(2)9-15(3,4)5/h10-12H,6-9H2,1-5H3. The highest BCUT2D eigenvalue weighted by Gasteiger charge is 2.19. The maximum Gasteiger partial charge on any atom is 0.166 e. The summed E-state index contributed by atoms with van der Waals surface area (Å²) in [4.78, 5) is 12.1. The molecule has 1 atom stereocenters. The summed E-state index contributed by atoms with van der Waals surface area (Å²) in [5.41, 5.74) is 1.04. The molecule has 0 bridgehead atoms. The molecule has 0 aliphatic heterocycles. The first kappa shape index (κ1) is 14.9. The van der Waals surface area contributed by atoms with Crippen LogP contribution < -0.4 is 0 Å². The smallest absolute Gasteiger partial charge is 0.166 e. The Morgan fingerprint density at radius 3 is 2.67 bits per heavy atom. The maximum absolute atomic E-state index is 12.1. The van der Waals surface area contributed by atoms with Gasteiger partial charge in [0.15, 0.2) is 5.78 Å². The summed E-state index contributed by atoms with van der Waals surface area (Å²) in [6, 6.07) is 0. The molecular formula is C15H26N2O. The van der Waals surface area contributed by atoms with E-state index >= 15 is 0 Å². The number of carbonyl (C=O) groups is 1. The van der Waals surface area contributed by atoms with E-state index in [0.29, 0.717) is 12.3 Å². The summed E-state index contributed by atoms with van der Waals surface area (Å²) in [6.07, 6.45) is 6.30. The highest BCUT2D eigenvalue weighted by molar-refractivity contribution is 5.95. The SMILES string of the molecule is CCCn1cc(C(=O)CC(C)CC(C)(C)C)cn1. The van der Waals surface area contributed by atoms with Gasteiger partial charge >= 0.3 is 0 Å². The van der Waals surface area contributed by atoms with Crippen molar-refractivity contribution in [2.24, 2.45) is 11.3 Å². The Balaban J connectivity index is 2.53. The molecule has 0 radical (unpaired) electrons. The van der Waals surface area contributed by atoms with E-state index < -0.39 is 0 Å². The van der Waals surface area contributed by atoms with Crippen molar-refractivity contribution in [3.05, 3.63) is 18.0 Å². The van der Waals surface area contributed by atoms with Crippen LogP contribution in [0.15, 0.2) is 12.4 Å². The third-order valence-corrected chi connectivity index (χ3v) is 2.90. The summed E-state index contributed by atoms with van der Waals surface area (Å²) < 4.78 is 1.85. The van der Waals surface area contributed by atoms with Crippen molar-refractivity contribution >= 4 is 5.78 Å². The number of carbonyl (C=O) groups excluding carboxylic acids is 1. The third kappa shape index (κ3) is 5.03. The molecule has 3 nitrogen and oxygen atoms in total. The van der Waals surface area contributed by atoms with Crippen LogP contribution in [0.2, 0.25) is 0 Å². The van der Waals surface area contributed by atoms with Gasteiger partial charge in [0.25, 0.3) is 0 Å². The second-order valence-corrected chi connectivity index (χ2v) is 6.49. The van der Waals surface area contributed by atoms with Crippen molar-refractivity contribution in [2.45, 2.75) is 60.4 Å². The van der Waals surface area contributed by atoms with Gasteiger partial charge in [-0.1, -0.05) is 34.6 Å². The number of aromatic nitrogens is 2. The molecule has 18 heavy (non-hydrogen) atoms. The molecule has 0 saturated carbocycles. The van der Waals surface area contributed by atoms with Crippen LogP contribution in [0.4, 0.5) is 0 Å². The van der Waals surface area contributed by atoms with Gasteiger partial charge in [0.2, 0.25) is 0 Å². The van der Waals surface area contributed by atoms with Crippen molar-refractivity contribution in [2.75, 3.05) is 0 Å². The fraction of sp³-hybridized carbons (Fsp3) is 0.733. The van der Waals surface area contributed by atoms with Crippen LogP contribution in [-0.2, 0) is 6.54 Å². The second-order valence-electron chi connectivity index (χ2n) is 6.49. The minimum atomic E-state index is 0.217. The van der Waals surface area contributed by atoms with Crippen LogP contribution >= 0.6 is 0 Å². The van der Waals surface area contributed by atoms with E-state index in [9.17, 15) is 4.79 Å². The lowest BCUT2D eigenvalue weighted by Crippen LogP contribution is -2.14. The normalized spacial score (nSPS) is 13.6. The average molecular weight is 250 g/mol. The lowest BCUT2D eigenvalue weighted by atomic mass is 9.83. The topological polar surface area (TPSA) is 34.9 Å². The maximum atomic E-state index is 12.1. The molecule has 1 heterocycles. The fourth-order valence-corrected chi connectivity index (χ4v) is 2.41. The van der Waals surface area contributed by atoms with Gasteiger partial charge in [0.1, 0.15) is 0 Å². The van der Waals surface area contributed by atoms with E-state index in [-0.39, 0.29) is 11.2 Å². The molecule has 0 fully saturated rings. The molecule has 0 aliphatic carbocycles. The van der Waals surface area contributed by atoms with E-state index in [1.165, 1.54) is 0 Å². The first-order chi connectivity index (χ1) is 8.31. The van der Waals surface area contributed by atoms with E-state index in [0.717, 1.165) is 24.9 Å². The van der Waals surface area contributed by atoms with E-state index in [1.54, 1.807) is 6.20 Å². The summed E-state index contributed by atoms with van der Waals surface area (Å²) >= 11 is 0. The Morgan fingerprint density at radius 1 is 1.44 bits per heavy atom. The van der Waals surface area contributed by atoms with Gasteiger partial charge < -0.3 is 0 Å². The summed E-state index contributed by atoms with van der Waals surface area (Å²) in [5, 5.41) is 4.20. The Labute approximate surface area is 111 Å². The van der Waals surface area contributed by atoms with Crippen LogP contribution in [-0.4, -0.2) is 15.6 Å². The zero-order valence-corrected chi connectivity index (χ0v) is 12.4. The number of Topliss-reactive ketones (excluding diaryl/α,β-unsaturated/α-hetero) is 1. The van der Waals surface area contributed by atoms with Crippen molar-refractivity contribution in [3.63, 3.8) is 0 Å². The Morgan fingerprint density at radius 2 is 2.11 bits per heavy atom. The quantitative estimate of drug-likeness (QED) is 0.717. The van der Waals surface area contributed by atoms with Gasteiger partial charge in [-0.05, 0) is 24.2 Å². The van der Waals surface area contributed by atoms with Gasteiger partial charge in [-0.15, -0.1) is 0 Å². The summed E-state index contributed by atoms with van der Waals surface area (Å²) in [6.45, 7) is 11.8. The minimum absolute atomic E-state index is 0.217. The van der Waals surface area contributed by atoms with Crippen LogP contribution in [0.25, 0.3) is 0 Å². The Bertz CT molecular complexity index is 387. The van der Waals surface area contributed by atoms with Gasteiger partial charge in [-0.2, -0.15) is 5.10 Å². The highest BCUT2D eigenvalue weighted by Crippen LogP contribution is 2.26. The van der Waals surface area contributed by atoms with Crippen LogP contribution in [0, 0.1) is 11.3 Å². The molecule has 3 heteroatoms. The lowest BCUT2D eigenvalue weighted by Gasteiger charge is -2.22. The van der Waals surface area contributed by atoms with Crippen molar-refractivity contribution in [3.8, 4) is 0 Å². The molecule has 0 amide bonds. The first-order valence-electron chi connectivity index (χ1n) is 6.87. The molecule has 0 aliphatic rings. The molecule has 1 aromatic rings. The molecule has 0 spiro atoms. The zero-order chi connectivity index (χ0) is 13.8. The monoisotopic (exact) mass is 250 g/mol. The number of aryl methyl sites for hydroxylation is 1. The van der Waals surface area contributed by atoms with Crippen LogP contribution in [0.3, 0.4) is 0 Å². The second kappa shape index (κ2) is 6.17. The average Bonchev–Trinajstić information content (AvgIpc) is 2.63. The number of hydrogen-bond donors (Lipinski definition) is 0. The predicted molar refractivity (Wildman–Crippen MR) is 74.7 cm³/mol. The molecule has 1 rings (SSSR count). The number of hydrogen-bond acceptors (Lipinski definition) is 2. The number of ketones is 1. The lowest BCUT2D eigenvalue weighted by molar-refractivity contribution is 0.0954. The number of rotatable bonds is 6. The van der Waals surface area contributed by atoms with E-state index in [1.807, 2.05) is 10.9 Å². The van der Waals surface area contributed by atoms with Gasteiger partial charge in [-0.25, -0.2) is 0 Å². The van der Waals surface area contributed by atoms with E-state index in [4.69, 9.17) is 0 Å². The molecule has 1 aromatic heterocycles. The number of nitrogens with zero attached hydrogens (tertiary/aromatic N) is 2. The van der Waals surface area contributed by atoms with Gasteiger partial charge in [0, 0.05) is 19.2 Å². The first-order valence-corrected chi connectivity index (χ1v) is 6.87. The molecule has 0 aromatic carbocycles. The minimum Gasteiger partial charge on any atom is -0.294 e. The predicted octanol–water partition coefficient (Wildman–Crippen LogP) is 3.94. The molecule has 102 valence electrons. The summed E-state index contributed by atoms with van der Waals surface area (Å²) in [7, 11) is 0. The van der Waals surface area contributed by atoms with E-state index in [2.05, 4.69) is 39.7 Å². The fourth-order valence-electron chi connectivity index (χ4n) is 2.41. The largest absolute Gasteiger partial charge is 0.294 e. The Kier molecular flexibility index (Phi) is 5.12. The molecular weight excluding hydrogens is 224 g/mol. The zero-order valence-electron chi connectivity index (χ0n) is 12.4. The molecule has 0 N–H and O–H groups in total. The molecule has 0 saturated heterocycles. The highest BCUT2D eigenvalue weighted by atomic mass is 16.1. The van der Waals surface area contributed by atoms with Crippen molar-refractivity contribution < 1.29 is 4.79 Å². The van der Waals surface area contributed by atoms with Crippen molar-refractivity contribution in [1.29, 1.82) is 0 Å². The molecule has 1 unspecified atom stereocenters. The van der Waals surface area contributed by atoms with Crippen molar-refractivity contribution in [1.82, 2.24) is 9.78 Å². The Hall–Kier alpha value is -1.12. The van der Waals surface area contributed by atoms with Gasteiger partial charge in [-0.3, -0.25) is 9.48 Å².